The summed E-state index contributed by atoms with van der Waals surface area (Å²) in [6.45, 7) is 6.18. The molecule has 0 nitrogen and oxygen atoms in total. The molecular formula is C38H33S2+. The van der Waals surface area contributed by atoms with Gasteiger partial charge in [0.1, 0.15) is 0 Å². The Morgan fingerprint density at radius 1 is 0.600 bits per heavy atom. The van der Waals surface area contributed by atoms with E-state index in [4.69, 9.17) is 0 Å². The maximum Gasteiger partial charge on any atom is 0.166 e. The van der Waals surface area contributed by atoms with Crippen LogP contribution in [0.1, 0.15) is 13.3 Å². The zero-order valence-electron chi connectivity index (χ0n) is 22.7. The van der Waals surface area contributed by atoms with Gasteiger partial charge >= 0.3 is 0 Å². The fourth-order valence-corrected chi connectivity index (χ4v) is 7.40. The van der Waals surface area contributed by atoms with Gasteiger partial charge in [0.15, 0.2) is 14.7 Å². The first-order valence-corrected chi connectivity index (χ1v) is 15.6. The molecule has 0 heterocycles. The fourth-order valence-electron chi connectivity index (χ4n) is 4.49. The zero-order valence-corrected chi connectivity index (χ0v) is 24.4. The number of benzene rings is 5. The van der Waals surface area contributed by atoms with Gasteiger partial charge < -0.3 is 0 Å². The van der Waals surface area contributed by atoms with Crippen molar-refractivity contribution in [1.29, 1.82) is 0 Å². The van der Waals surface area contributed by atoms with Crippen LogP contribution in [0.25, 0.3) is 22.3 Å². The first-order valence-electron chi connectivity index (χ1n) is 13.6. The topological polar surface area (TPSA) is 0 Å². The average molecular weight is 554 g/mol. The van der Waals surface area contributed by atoms with E-state index < -0.39 is 0 Å². The Morgan fingerprint density at radius 3 is 1.50 bits per heavy atom. The van der Waals surface area contributed by atoms with E-state index in [0.717, 1.165) is 6.42 Å². The van der Waals surface area contributed by atoms with Gasteiger partial charge in [-0.2, -0.15) is 0 Å². The van der Waals surface area contributed by atoms with Crippen LogP contribution in [0.4, 0.5) is 0 Å². The smallest absolute Gasteiger partial charge is 0.0989 e. The fraction of sp³-hybridized carbons (Fsp3) is 0.0526. The van der Waals surface area contributed by atoms with Crippen molar-refractivity contribution < 1.29 is 0 Å². The molecule has 0 radical (unpaired) electrons. The van der Waals surface area contributed by atoms with Crippen LogP contribution in [-0.2, 0) is 10.9 Å². The lowest BCUT2D eigenvalue weighted by molar-refractivity contribution is 1.22. The first kappa shape index (κ1) is 27.6. The van der Waals surface area contributed by atoms with E-state index in [2.05, 4.69) is 165 Å². The SMILES string of the molecule is C=C/C=C(\C=C/CC)[S+](c1ccc(Sc2ccc(-c3ccccc3)cc2)cc1)c1ccc(-c2ccccc2)cc1. The van der Waals surface area contributed by atoms with Crippen LogP contribution < -0.4 is 0 Å². The van der Waals surface area contributed by atoms with E-state index in [-0.39, 0.29) is 10.9 Å². The Balaban J connectivity index is 1.41. The molecule has 0 saturated heterocycles. The summed E-state index contributed by atoms with van der Waals surface area (Å²) >= 11 is 1.80. The van der Waals surface area contributed by atoms with Gasteiger partial charge in [0, 0.05) is 9.79 Å². The summed E-state index contributed by atoms with van der Waals surface area (Å²) in [6, 6.07) is 48.0. The Bertz CT molecular complexity index is 1560. The van der Waals surface area contributed by atoms with Crippen LogP contribution in [0, 0.1) is 0 Å². The van der Waals surface area contributed by atoms with Gasteiger partial charge in [0.05, 0.1) is 10.9 Å². The van der Waals surface area contributed by atoms with Gasteiger partial charge in [-0.25, -0.2) is 0 Å². The summed E-state index contributed by atoms with van der Waals surface area (Å²) in [6.07, 6.45) is 9.54. The molecule has 0 aromatic heterocycles. The van der Waals surface area contributed by atoms with Crippen LogP contribution in [0.15, 0.2) is 189 Å². The minimum atomic E-state index is -0.240. The Morgan fingerprint density at radius 2 is 1.02 bits per heavy atom. The van der Waals surface area contributed by atoms with Gasteiger partial charge in [-0.15, -0.1) is 0 Å². The summed E-state index contributed by atoms with van der Waals surface area (Å²) < 4.78 is 0. The summed E-state index contributed by atoms with van der Waals surface area (Å²) in [5.74, 6) is 0. The molecule has 0 aliphatic heterocycles. The van der Waals surface area contributed by atoms with E-state index in [9.17, 15) is 0 Å². The van der Waals surface area contributed by atoms with Gasteiger partial charge in [0.2, 0.25) is 0 Å². The number of hydrogen-bond donors (Lipinski definition) is 0. The number of hydrogen-bond acceptors (Lipinski definition) is 1. The lowest BCUT2D eigenvalue weighted by Gasteiger charge is -2.11. The second-order valence-electron chi connectivity index (χ2n) is 9.28. The highest BCUT2D eigenvalue weighted by Gasteiger charge is 2.29. The predicted octanol–water partition coefficient (Wildman–Crippen LogP) is 11.2. The molecule has 40 heavy (non-hydrogen) atoms. The number of allylic oxidation sites excluding steroid dienone is 4. The molecule has 5 rings (SSSR count). The third kappa shape index (κ3) is 6.96. The lowest BCUT2D eigenvalue weighted by Crippen LogP contribution is -2.06. The van der Waals surface area contributed by atoms with Crippen molar-refractivity contribution in [3.8, 4) is 22.3 Å². The van der Waals surface area contributed by atoms with Gasteiger partial charge in [-0.3, -0.25) is 0 Å². The monoisotopic (exact) mass is 553 g/mol. The average Bonchev–Trinajstić information content (AvgIpc) is 3.02. The van der Waals surface area contributed by atoms with Crippen molar-refractivity contribution in [2.24, 2.45) is 0 Å². The summed E-state index contributed by atoms with van der Waals surface area (Å²) in [7, 11) is -0.240. The lowest BCUT2D eigenvalue weighted by atomic mass is 10.1. The highest BCUT2D eigenvalue weighted by molar-refractivity contribution is 8.01. The molecule has 0 fully saturated rings. The quantitative estimate of drug-likeness (QED) is 0.122. The zero-order chi connectivity index (χ0) is 27.6. The van der Waals surface area contributed by atoms with E-state index in [0.29, 0.717) is 0 Å². The van der Waals surface area contributed by atoms with Crippen LogP contribution in [-0.4, -0.2) is 0 Å². The maximum absolute atomic E-state index is 4.01. The third-order valence-corrected chi connectivity index (χ3v) is 9.74. The van der Waals surface area contributed by atoms with Gasteiger partial charge in [-0.1, -0.05) is 110 Å². The summed E-state index contributed by atoms with van der Waals surface area (Å²) in [5, 5.41) is 0. The second kappa shape index (κ2) is 13.9. The van der Waals surface area contributed by atoms with Crippen LogP contribution in [0.2, 0.25) is 0 Å². The van der Waals surface area contributed by atoms with Crippen molar-refractivity contribution in [2.45, 2.75) is 32.9 Å². The molecule has 2 heteroatoms. The maximum atomic E-state index is 4.01. The van der Waals surface area contributed by atoms with Crippen molar-refractivity contribution in [3.05, 3.63) is 169 Å². The minimum Gasteiger partial charge on any atom is -0.0989 e. The molecule has 0 aliphatic rings. The van der Waals surface area contributed by atoms with Crippen LogP contribution >= 0.6 is 11.8 Å². The normalized spacial score (nSPS) is 12.4. The summed E-state index contributed by atoms with van der Waals surface area (Å²) in [4.78, 5) is 6.33. The molecule has 0 saturated carbocycles. The molecule has 196 valence electrons. The minimum absolute atomic E-state index is 0.240. The summed E-state index contributed by atoms with van der Waals surface area (Å²) in [5.41, 5.74) is 4.95. The molecule has 0 amide bonds. The van der Waals surface area contributed by atoms with E-state index in [1.807, 2.05) is 6.08 Å². The van der Waals surface area contributed by atoms with E-state index in [1.165, 1.54) is 46.7 Å². The molecule has 0 spiro atoms. The van der Waals surface area contributed by atoms with Crippen molar-refractivity contribution >= 4 is 22.7 Å². The standard InChI is InChI=1S/C38H33S2/c1-3-5-17-36(12-4-2)40(37-26-20-33(21-27-37)31-15-10-7-11-16-31)38-28-24-35(25-29-38)39-34-22-18-32(19-23-34)30-13-8-6-9-14-30/h4-29H,2-3H2,1H3/q+1/b17-5-,36-12+. The van der Waals surface area contributed by atoms with E-state index >= 15 is 0 Å². The molecule has 5 aromatic carbocycles. The number of rotatable bonds is 10. The molecule has 0 aliphatic carbocycles. The highest BCUT2D eigenvalue weighted by atomic mass is 32.2. The van der Waals surface area contributed by atoms with Crippen molar-refractivity contribution in [3.63, 3.8) is 0 Å². The molecule has 1 unspecified atom stereocenters. The Labute approximate surface area is 246 Å². The Hall–Kier alpha value is -3.98. The molecule has 5 aromatic rings. The third-order valence-electron chi connectivity index (χ3n) is 6.49. The largest absolute Gasteiger partial charge is 0.166 e. The second-order valence-corrected chi connectivity index (χ2v) is 12.4. The Kier molecular flexibility index (Phi) is 9.58. The van der Waals surface area contributed by atoms with Crippen molar-refractivity contribution in [1.82, 2.24) is 0 Å². The molecule has 1 atom stereocenters. The molecular weight excluding hydrogens is 521 g/mol. The molecule has 0 N–H and O–H groups in total. The van der Waals surface area contributed by atoms with Gasteiger partial charge in [0.25, 0.3) is 0 Å². The van der Waals surface area contributed by atoms with Gasteiger partial charge in [-0.05, 0) is 101 Å². The van der Waals surface area contributed by atoms with Crippen LogP contribution in [0.5, 0.6) is 0 Å². The van der Waals surface area contributed by atoms with Crippen molar-refractivity contribution in [2.75, 3.05) is 0 Å². The first-order chi connectivity index (χ1) is 19.7. The van der Waals surface area contributed by atoms with E-state index in [1.54, 1.807) is 11.8 Å². The van der Waals surface area contributed by atoms with Crippen LogP contribution in [0.3, 0.4) is 0 Å². The molecule has 0 bridgehead atoms. The predicted molar refractivity (Wildman–Crippen MR) is 176 cm³/mol. The highest BCUT2D eigenvalue weighted by Crippen LogP contribution is 2.35.